The van der Waals surface area contributed by atoms with Crippen molar-refractivity contribution in [1.82, 2.24) is 20.3 Å². The van der Waals surface area contributed by atoms with Gasteiger partial charge < -0.3 is 10.1 Å². The highest BCUT2D eigenvalue weighted by molar-refractivity contribution is 6.01. The molecular weight excluding hydrogens is 485 g/mol. The number of halogens is 1. The molecule has 1 N–H and O–H groups in total. The minimum atomic E-state index is -1.06. The van der Waals surface area contributed by atoms with Crippen molar-refractivity contribution < 1.29 is 18.7 Å². The van der Waals surface area contributed by atoms with E-state index in [-0.39, 0.29) is 24.2 Å². The first-order chi connectivity index (χ1) is 18.4. The lowest BCUT2D eigenvalue weighted by Crippen LogP contribution is -2.47. The maximum atomic E-state index is 14.8. The number of rotatable bonds is 8. The SMILES string of the molecule is COc1cccc(C(C(=O)NC2CCCC2)N(C(=O)Cn2nnc3ccccc32)c2ccc(C)c(F)c2)c1. The molecule has 8 nitrogen and oxygen atoms in total. The first-order valence-electron chi connectivity index (χ1n) is 12.8. The number of carbonyl (C=O) groups excluding carboxylic acids is 2. The van der Waals surface area contributed by atoms with Gasteiger partial charge in [0, 0.05) is 11.7 Å². The van der Waals surface area contributed by atoms with Crippen LogP contribution in [0.25, 0.3) is 11.0 Å². The van der Waals surface area contributed by atoms with Crippen molar-refractivity contribution in [2.75, 3.05) is 12.0 Å². The monoisotopic (exact) mass is 515 g/mol. The number of fused-ring (bicyclic) bond motifs is 1. The van der Waals surface area contributed by atoms with E-state index in [1.165, 1.54) is 15.6 Å². The average molecular weight is 516 g/mol. The average Bonchev–Trinajstić information content (AvgIpc) is 3.59. The maximum absolute atomic E-state index is 14.8. The van der Waals surface area contributed by atoms with Crippen LogP contribution in [0.5, 0.6) is 5.75 Å². The molecule has 0 radical (unpaired) electrons. The summed E-state index contributed by atoms with van der Waals surface area (Å²) in [4.78, 5) is 29.3. The number of para-hydroxylation sites is 1. The molecule has 2 amide bonds. The third-order valence-electron chi connectivity index (χ3n) is 7.03. The van der Waals surface area contributed by atoms with Gasteiger partial charge in [-0.1, -0.05) is 48.4 Å². The molecule has 1 heterocycles. The Labute approximate surface area is 220 Å². The number of anilines is 1. The van der Waals surface area contributed by atoms with Crippen LogP contribution in [-0.4, -0.2) is 40.0 Å². The molecule has 1 aromatic heterocycles. The van der Waals surface area contributed by atoms with Gasteiger partial charge in [-0.25, -0.2) is 9.07 Å². The molecule has 1 fully saturated rings. The van der Waals surface area contributed by atoms with Gasteiger partial charge in [-0.3, -0.25) is 14.5 Å². The van der Waals surface area contributed by atoms with Crippen molar-refractivity contribution in [3.8, 4) is 5.75 Å². The third kappa shape index (κ3) is 5.22. The second kappa shape index (κ2) is 11.0. The molecule has 0 spiro atoms. The molecule has 1 aliphatic rings. The van der Waals surface area contributed by atoms with Crippen LogP contribution in [0.1, 0.15) is 42.9 Å². The minimum absolute atomic E-state index is 0.0292. The predicted octanol–water partition coefficient (Wildman–Crippen LogP) is 4.72. The zero-order chi connectivity index (χ0) is 26.6. The van der Waals surface area contributed by atoms with Gasteiger partial charge in [0.25, 0.3) is 0 Å². The molecule has 1 atom stereocenters. The summed E-state index contributed by atoms with van der Waals surface area (Å²) in [5, 5.41) is 11.4. The largest absolute Gasteiger partial charge is 0.497 e. The van der Waals surface area contributed by atoms with E-state index in [0.29, 0.717) is 27.9 Å². The molecule has 0 aliphatic heterocycles. The highest BCUT2D eigenvalue weighted by atomic mass is 19.1. The zero-order valence-electron chi connectivity index (χ0n) is 21.4. The van der Waals surface area contributed by atoms with Crippen molar-refractivity contribution in [2.24, 2.45) is 0 Å². The normalized spacial score (nSPS) is 14.4. The van der Waals surface area contributed by atoms with E-state index in [0.717, 1.165) is 25.7 Å². The molecule has 9 heteroatoms. The third-order valence-corrected chi connectivity index (χ3v) is 7.03. The van der Waals surface area contributed by atoms with Crippen molar-refractivity contribution >= 4 is 28.5 Å². The first-order valence-corrected chi connectivity index (χ1v) is 12.8. The number of nitrogens with one attached hydrogen (secondary N) is 1. The van der Waals surface area contributed by atoms with E-state index in [1.807, 2.05) is 24.3 Å². The topological polar surface area (TPSA) is 89.4 Å². The van der Waals surface area contributed by atoms with Crippen LogP contribution >= 0.6 is 0 Å². The second-order valence-corrected chi connectivity index (χ2v) is 9.60. The van der Waals surface area contributed by atoms with Gasteiger partial charge in [0.15, 0.2) is 0 Å². The standard InChI is InChI=1S/C29H30FN5O3/c1-19-14-15-22(17-24(19)30)35(27(36)18-34-26-13-6-5-12-25(26)32-33-34)28(20-8-7-11-23(16-20)38-2)29(37)31-21-9-3-4-10-21/h5-8,11-17,21,28H,3-4,9-10,18H2,1-2H3,(H,31,37). The van der Waals surface area contributed by atoms with Gasteiger partial charge in [0.1, 0.15) is 29.7 Å². The summed E-state index contributed by atoms with van der Waals surface area (Å²) >= 11 is 0. The molecule has 1 unspecified atom stereocenters. The molecule has 5 rings (SSSR count). The fourth-order valence-corrected chi connectivity index (χ4v) is 4.99. The lowest BCUT2D eigenvalue weighted by molar-refractivity contribution is -0.127. The summed E-state index contributed by atoms with van der Waals surface area (Å²) in [7, 11) is 1.54. The quantitative estimate of drug-likeness (QED) is 0.367. The summed E-state index contributed by atoms with van der Waals surface area (Å²) in [6.45, 7) is 1.46. The van der Waals surface area contributed by atoms with Crippen LogP contribution in [0.15, 0.2) is 66.7 Å². The van der Waals surface area contributed by atoms with Crippen LogP contribution in [0.2, 0.25) is 0 Å². The fraction of sp³-hybridized carbons (Fsp3) is 0.310. The van der Waals surface area contributed by atoms with Gasteiger partial charge in [-0.15, -0.1) is 5.10 Å². The Morgan fingerprint density at radius 3 is 2.66 bits per heavy atom. The molecule has 0 bridgehead atoms. The number of aryl methyl sites for hydroxylation is 1. The van der Waals surface area contributed by atoms with Crippen molar-refractivity contribution in [3.63, 3.8) is 0 Å². The summed E-state index contributed by atoms with van der Waals surface area (Å²) in [6, 6.07) is 17.9. The molecule has 4 aromatic rings. The van der Waals surface area contributed by atoms with Crippen molar-refractivity contribution in [3.05, 3.63) is 83.7 Å². The number of ether oxygens (including phenoxy) is 1. The van der Waals surface area contributed by atoms with Crippen LogP contribution in [0, 0.1) is 12.7 Å². The maximum Gasteiger partial charge on any atom is 0.249 e. The lowest BCUT2D eigenvalue weighted by atomic mass is 10.0. The molecule has 196 valence electrons. The smallest absolute Gasteiger partial charge is 0.249 e. The van der Waals surface area contributed by atoms with Crippen molar-refractivity contribution in [2.45, 2.75) is 51.2 Å². The Hall–Kier alpha value is -4.27. The van der Waals surface area contributed by atoms with E-state index in [2.05, 4.69) is 15.6 Å². The number of carbonyl (C=O) groups is 2. The fourth-order valence-electron chi connectivity index (χ4n) is 4.99. The number of methoxy groups -OCH3 is 1. The van der Waals surface area contributed by atoms with Crippen LogP contribution < -0.4 is 15.0 Å². The van der Waals surface area contributed by atoms with Crippen molar-refractivity contribution in [1.29, 1.82) is 0 Å². The highest BCUT2D eigenvalue weighted by Gasteiger charge is 2.35. The van der Waals surface area contributed by atoms with E-state index in [1.54, 1.807) is 50.4 Å². The lowest BCUT2D eigenvalue weighted by Gasteiger charge is -2.32. The van der Waals surface area contributed by atoms with Crippen LogP contribution in [0.3, 0.4) is 0 Å². The number of aromatic nitrogens is 3. The number of benzene rings is 3. The highest BCUT2D eigenvalue weighted by Crippen LogP contribution is 2.32. The summed E-state index contributed by atoms with van der Waals surface area (Å²) in [5.74, 6) is -0.681. The van der Waals surface area contributed by atoms with E-state index < -0.39 is 17.8 Å². The molecule has 1 aliphatic carbocycles. The van der Waals surface area contributed by atoms with Gasteiger partial charge in [0.2, 0.25) is 11.8 Å². The Morgan fingerprint density at radius 2 is 1.89 bits per heavy atom. The van der Waals surface area contributed by atoms with Gasteiger partial charge in [0.05, 0.1) is 12.6 Å². The summed E-state index contributed by atoms with van der Waals surface area (Å²) in [6.07, 6.45) is 3.85. The first kappa shape index (κ1) is 25.4. The van der Waals surface area contributed by atoms with E-state index >= 15 is 0 Å². The molecule has 3 aromatic carbocycles. The molecule has 38 heavy (non-hydrogen) atoms. The van der Waals surface area contributed by atoms with Crippen LogP contribution in [0.4, 0.5) is 10.1 Å². The zero-order valence-corrected chi connectivity index (χ0v) is 21.4. The Morgan fingerprint density at radius 1 is 1.11 bits per heavy atom. The minimum Gasteiger partial charge on any atom is -0.497 e. The Bertz CT molecular complexity index is 1460. The summed E-state index contributed by atoms with van der Waals surface area (Å²) < 4.78 is 21.7. The predicted molar refractivity (Wildman–Crippen MR) is 142 cm³/mol. The van der Waals surface area contributed by atoms with Crippen LogP contribution in [-0.2, 0) is 16.1 Å². The number of nitrogens with zero attached hydrogens (tertiary/aromatic N) is 4. The van der Waals surface area contributed by atoms with E-state index in [9.17, 15) is 14.0 Å². The summed E-state index contributed by atoms with van der Waals surface area (Å²) in [5.41, 5.74) is 2.60. The van der Waals surface area contributed by atoms with E-state index in [4.69, 9.17) is 4.74 Å². The second-order valence-electron chi connectivity index (χ2n) is 9.60. The number of hydrogen-bond acceptors (Lipinski definition) is 5. The Kier molecular flexibility index (Phi) is 7.35. The number of hydrogen-bond donors (Lipinski definition) is 1. The molecule has 1 saturated carbocycles. The van der Waals surface area contributed by atoms with Gasteiger partial charge >= 0.3 is 0 Å². The molecule has 0 saturated heterocycles. The Balaban J connectivity index is 1.60. The number of amides is 2. The van der Waals surface area contributed by atoms with Gasteiger partial charge in [-0.05, 0) is 67.3 Å². The van der Waals surface area contributed by atoms with Gasteiger partial charge in [-0.2, -0.15) is 0 Å². The molecular formula is C29H30FN5O3.